The molecule has 0 fully saturated rings. The fourth-order valence-corrected chi connectivity index (χ4v) is 1.84. The Labute approximate surface area is 88.5 Å². The minimum Gasteiger partial charge on any atom is -0.508 e. The minimum absolute atomic E-state index is 0.0786. The van der Waals surface area contributed by atoms with E-state index in [0.29, 0.717) is 18.4 Å². The lowest BCUT2D eigenvalue weighted by molar-refractivity contribution is -0.107. The van der Waals surface area contributed by atoms with Gasteiger partial charge in [0, 0.05) is 12.7 Å². The number of hydrogen-bond acceptors (Lipinski definition) is 4. The standard InChI is InChI=1S/C10H12O4S/c1-15(13,14)9-5-4-8(3-2-6-11)10(12)7-9/h4-7,12H,2-3H2,1H3. The zero-order valence-electron chi connectivity index (χ0n) is 8.30. The van der Waals surface area contributed by atoms with Crippen LogP contribution in [-0.2, 0) is 21.1 Å². The number of carbonyl (C=O) groups is 1. The molecule has 0 saturated heterocycles. The van der Waals surface area contributed by atoms with Crippen LogP contribution < -0.4 is 0 Å². The molecule has 4 nitrogen and oxygen atoms in total. The second kappa shape index (κ2) is 4.44. The summed E-state index contributed by atoms with van der Waals surface area (Å²) in [6.45, 7) is 0. The average molecular weight is 228 g/mol. The van der Waals surface area contributed by atoms with Gasteiger partial charge in [-0.15, -0.1) is 0 Å². The van der Waals surface area contributed by atoms with Crippen LogP contribution in [0.1, 0.15) is 12.0 Å². The van der Waals surface area contributed by atoms with Crippen molar-refractivity contribution in [2.75, 3.05) is 6.26 Å². The molecule has 82 valence electrons. The second-order valence-corrected chi connectivity index (χ2v) is 5.28. The lowest BCUT2D eigenvalue weighted by Crippen LogP contribution is -1.97. The molecule has 0 unspecified atom stereocenters. The molecule has 1 aromatic carbocycles. The van der Waals surface area contributed by atoms with Crippen LogP contribution in [-0.4, -0.2) is 26.1 Å². The van der Waals surface area contributed by atoms with Crippen LogP contribution in [0.5, 0.6) is 5.75 Å². The highest BCUT2D eigenvalue weighted by Gasteiger charge is 2.09. The van der Waals surface area contributed by atoms with Crippen LogP contribution in [0, 0.1) is 0 Å². The monoisotopic (exact) mass is 228 g/mol. The molecule has 0 radical (unpaired) electrons. The highest BCUT2D eigenvalue weighted by molar-refractivity contribution is 7.90. The molecule has 0 spiro atoms. The summed E-state index contributed by atoms with van der Waals surface area (Å²) in [7, 11) is -3.29. The Balaban J connectivity index is 3.03. The summed E-state index contributed by atoms with van der Waals surface area (Å²) < 4.78 is 22.3. The van der Waals surface area contributed by atoms with Crippen molar-refractivity contribution in [2.24, 2.45) is 0 Å². The van der Waals surface area contributed by atoms with Gasteiger partial charge in [-0.2, -0.15) is 0 Å². The third kappa shape index (κ3) is 3.06. The fourth-order valence-electron chi connectivity index (χ4n) is 1.20. The molecular formula is C10H12O4S. The molecule has 0 amide bonds. The number of phenols is 1. The number of hydrogen-bond donors (Lipinski definition) is 1. The lowest BCUT2D eigenvalue weighted by Gasteiger charge is -2.04. The number of sulfone groups is 1. The third-order valence-electron chi connectivity index (χ3n) is 2.02. The van der Waals surface area contributed by atoms with E-state index in [2.05, 4.69) is 0 Å². The normalized spacial score (nSPS) is 11.3. The fraction of sp³-hybridized carbons (Fsp3) is 0.300. The van der Waals surface area contributed by atoms with E-state index in [0.717, 1.165) is 12.5 Å². The smallest absolute Gasteiger partial charge is 0.175 e. The van der Waals surface area contributed by atoms with E-state index < -0.39 is 9.84 Å². The SMILES string of the molecule is CS(=O)(=O)c1ccc(CCC=O)c(O)c1. The zero-order chi connectivity index (χ0) is 11.5. The number of aldehydes is 1. The molecule has 1 rings (SSSR count). The van der Waals surface area contributed by atoms with Crippen molar-refractivity contribution in [2.45, 2.75) is 17.7 Å². The van der Waals surface area contributed by atoms with E-state index in [4.69, 9.17) is 0 Å². The molecule has 1 aromatic rings. The van der Waals surface area contributed by atoms with Gasteiger partial charge in [0.2, 0.25) is 0 Å². The summed E-state index contributed by atoms with van der Waals surface area (Å²) in [5.41, 5.74) is 0.578. The van der Waals surface area contributed by atoms with Crippen LogP contribution >= 0.6 is 0 Å². The van der Waals surface area contributed by atoms with Crippen molar-refractivity contribution in [3.8, 4) is 5.75 Å². The van der Waals surface area contributed by atoms with Crippen LogP contribution in [0.2, 0.25) is 0 Å². The number of rotatable bonds is 4. The van der Waals surface area contributed by atoms with Gasteiger partial charge in [0.05, 0.1) is 4.90 Å². The third-order valence-corrected chi connectivity index (χ3v) is 3.13. The Hall–Kier alpha value is -1.36. The van der Waals surface area contributed by atoms with Crippen molar-refractivity contribution in [3.63, 3.8) is 0 Å². The topological polar surface area (TPSA) is 71.4 Å². The number of benzene rings is 1. The van der Waals surface area contributed by atoms with Crippen molar-refractivity contribution in [1.29, 1.82) is 0 Å². The zero-order valence-corrected chi connectivity index (χ0v) is 9.12. The first-order chi connectivity index (χ1) is 6.95. The number of aryl methyl sites for hydroxylation is 1. The summed E-state index contributed by atoms with van der Waals surface area (Å²) in [5, 5.41) is 9.50. The maximum atomic E-state index is 11.1. The van der Waals surface area contributed by atoms with E-state index in [9.17, 15) is 18.3 Å². The van der Waals surface area contributed by atoms with Gasteiger partial charge in [-0.1, -0.05) is 6.07 Å². The molecule has 0 aliphatic heterocycles. The molecule has 15 heavy (non-hydrogen) atoms. The molecule has 0 heterocycles. The first-order valence-electron chi connectivity index (χ1n) is 4.40. The van der Waals surface area contributed by atoms with Gasteiger partial charge in [-0.3, -0.25) is 0 Å². The Morgan fingerprint density at radius 3 is 2.53 bits per heavy atom. The summed E-state index contributed by atoms with van der Waals surface area (Å²) in [6.07, 6.45) is 2.56. The number of carbonyl (C=O) groups excluding carboxylic acids is 1. The van der Waals surface area contributed by atoms with Gasteiger partial charge in [-0.05, 0) is 24.1 Å². The predicted octanol–water partition coefficient (Wildman–Crippen LogP) is 0.927. The maximum absolute atomic E-state index is 11.1. The quantitative estimate of drug-likeness (QED) is 0.778. The molecule has 0 aliphatic carbocycles. The van der Waals surface area contributed by atoms with E-state index in [1.807, 2.05) is 0 Å². The first kappa shape index (κ1) is 11.7. The molecule has 0 atom stereocenters. The van der Waals surface area contributed by atoms with Crippen LogP contribution in [0.15, 0.2) is 23.1 Å². The minimum atomic E-state index is -3.29. The molecule has 0 aliphatic rings. The van der Waals surface area contributed by atoms with E-state index >= 15 is 0 Å². The van der Waals surface area contributed by atoms with Crippen molar-refractivity contribution >= 4 is 16.1 Å². The van der Waals surface area contributed by atoms with Crippen molar-refractivity contribution in [3.05, 3.63) is 23.8 Å². The highest BCUT2D eigenvalue weighted by Crippen LogP contribution is 2.22. The van der Waals surface area contributed by atoms with Crippen LogP contribution in [0.4, 0.5) is 0 Å². The Morgan fingerprint density at radius 2 is 2.07 bits per heavy atom. The number of phenolic OH excluding ortho intramolecular Hbond substituents is 1. The molecule has 5 heteroatoms. The highest BCUT2D eigenvalue weighted by atomic mass is 32.2. The van der Waals surface area contributed by atoms with Crippen molar-refractivity contribution in [1.82, 2.24) is 0 Å². The van der Waals surface area contributed by atoms with E-state index in [-0.39, 0.29) is 10.6 Å². The largest absolute Gasteiger partial charge is 0.508 e. The van der Waals surface area contributed by atoms with Gasteiger partial charge >= 0.3 is 0 Å². The van der Waals surface area contributed by atoms with Gasteiger partial charge in [0.15, 0.2) is 9.84 Å². The second-order valence-electron chi connectivity index (χ2n) is 3.27. The lowest BCUT2D eigenvalue weighted by atomic mass is 10.1. The molecule has 0 aromatic heterocycles. The average Bonchev–Trinajstić information content (AvgIpc) is 2.14. The number of aromatic hydroxyl groups is 1. The Morgan fingerprint density at radius 1 is 1.40 bits per heavy atom. The predicted molar refractivity (Wildman–Crippen MR) is 55.6 cm³/mol. The van der Waals surface area contributed by atoms with Gasteiger partial charge in [0.1, 0.15) is 12.0 Å². The van der Waals surface area contributed by atoms with Crippen molar-refractivity contribution < 1.29 is 18.3 Å². The summed E-state index contributed by atoms with van der Waals surface area (Å²) in [5.74, 6) is -0.0835. The Kier molecular flexibility index (Phi) is 3.47. The summed E-state index contributed by atoms with van der Waals surface area (Å²) >= 11 is 0. The van der Waals surface area contributed by atoms with Crippen LogP contribution in [0.3, 0.4) is 0 Å². The molecule has 0 bridgehead atoms. The van der Waals surface area contributed by atoms with Gasteiger partial charge in [-0.25, -0.2) is 8.42 Å². The maximum Gasteiger partial charge on any atom is 0.175 e. The van der Waals surface area contributed by atoms with Gasteiger partial charge in [0.25, 0.3) is 0 Å². The Bertz CT molecular complexity index is 462. The van der Waals surface area contributed by atoms with E-state index in [1.54, 1.807) is 0 Å². The molecule has 1 N–H and O–H groups in total. The summed E-state index contributed by atoms with van der Waals surface area (Å²) in [4.78, 5) is 10.2. The summed E-state index contributed by atoms with van der Waals surface area (Å²) in [6, 6.07) is 4.15. The van der Waals surface area contributed by atoms with Gasteiger partial charge < -0.3 is 9.90 Å². The molecular weight excluding hydrogens is 216 g/mol. The van der Waals surface area contributed by atoms with E-state index in [1.165, 1.54) is 18.2 Å². The van der Waals surface area contributed by atoms with Crippen LogP contribution in [0.25, 0.3) is 0 Å². The molecule has 0 saturated carbocycles. The first-order valence-corrected chi connectivity index (χ1v) is 6.30.